The molecule has 0 aromatic heterocycles. The van der Waals surface area contributed by atoms with Gasteiger partial charge in [0, 0.05) is 11.5 Å². The van der Waals surface area contributed by atoms with Gasteiger partial charge in [0.25, 0.3) is 5.91 Å². The van der Waals surface area contributed by atoms with Gasteiger partial charge in [0.2, 0.25) is 0 Å². The molecule has 3 N–H and O–H groups in total. The van der Waals surface area contributed by atoms with Crippen LogP contribution in [0, 0.1) is 5.92 Å². The second kappa shape index (κ2) is 8.54. The lowest BCUT2D eigenvalue weighted by Crippen LogP contribution is -2.88. The van der Waals surface area contributed by atoms with E-state index in [1.807, 2.05) is 5.32 Å². The highest BCUT2D eigenvalue weighted by Gasteiger charge is 2.21. The topological polar surface area (TPSA) is 72.0 Å². The maximum Gasteiger partial charge on any atom is 0.413 e. The van der Waals surface area contributed by atoms with Gasteiger partial charge in [-0.1, -0.05) is 52.0 Å². The monoisotopic (exact) mass is 307 g/mol. The van der Waals surface area contributed by atoms with E-state index in [4.69, 9.17) is 0 Å². The standard InChI is InChI=1S/C17H26N2O3/c1-11(2)13-6-8-14(9-7-13)16(12(3)4)18-10-15(20)19-17(21)22-5/h6-9,11-12,16,18H,10H2,1-5H3,(H,19,20,21)/p+1/t16-/m1/s1. The predicted molar refractivity (Wildman–Crippen MR) is 85.5 cm³/mol. The minimum atomic E-state index is -0.721. The van der Waals surface area contributed by atoms with Gasteiger partial charge >= 0.3 is 6.09 Å². The van der Waals surface area contributed by atoms with Crippen LogP contribution in [0.15, 0.2) is 24.3 Å². The van der Waals surface area contributed by atoms with E-state index in [-0.39, 0.29) is 18.5 Å². The Balaban J connectivity index is 2.69. The Hall–Kier alpha value is -1.88. The lowest BCUT2D eigenvalue weighted by molar-refractivity contribution is -0.692. The summed E-state index contributed by atoms with van der Waals surface area (Å²) in [5, 5.41) is 4.12. The van der Waals surface area contributed by atoms with Gasteiger partial charge in [0.05, 0.1) is 7.11 Å². The fraction of sp³-hybridized carbons (Fsp3) is 0.529. The summed E-state index contributed by atoms with van der Waals surface area (Å²) < 4.78 is 4.41. The van der Waals surface area contributed by atoms with Crippen LogP contribution in [-0.2, 0) is 9.53 Å². The van der Waals surface area contributed by atoms with Crippen LogP contribution < -0.4 is 10.6 Å². The maximum atomic E-state index is 11.7. The van der Waals surface area contributed by atoms with E-state index in [9.17, 15) is 9.59 Å². The second-order valence-electron chi connectivity index (χ2n) is 6.07. The number of nitrogens with one attached hydrogen (secondary N) is 1. The molecule has 0 unspecified atom stereocenters. The maximum absolute atomic E-state index is 11.7. The van der Waals surface area contributed by atoms with Crippen molar-refractivity contribution in [3.05, 3.63) is 35.4 Å². The summed E-state index contributed by atoms with van der Waals surface area (Å²) in [6.07, 6.45) is -0.721. The first kappa shape index (κ1) is 18.2. The molecule has 1 atom stereocenters. The van der Waals surface area contributed by atoms with Crippen molar-refractivity contribution in [2.24, 2.45) is 5.92 Å². The van der Waals surface area contributed by atoms with Gasteiger partial charge in [-0.2, -0.15) is 0 Å². The van der Waals surface area contributed by atoms with Gasteiger partial charge in [-0.15, -0.1) is 0 Å². The third kappa shape index (κ3) is 5.48. The number of benzene rings is 1. The van der Waals surface area contributed by atoms with Crippen LogP contribution in [0.3, 0.4) is 0 Å². The molecule has 0 heterocycles. The Morgan fingerprint density at radius 1 is 1.09 bits per heavy atom. The quantitative estimate of drug-likeness (QED) is 0.844. The number of rotatable bonds is 6. The summed E-state index contributed by atoms with van der Waals surface area (Å²) in [7, 11) is 1.24. The lowest BCUT2D eigenvalue weighted by atomic mass is 9.93. The first-order chi connectivity index (χ1) is 10.3. The lowest BCUT2D eigenvalue weighted by Gasteiger charge is -2.20. The Bertz CT molecular complexity index is 495. The highest BCUT2D eigenvalue weighted by atomic mass is 16.5. The first-order valence-electron chi connectivity index (χ1n) is 7.66. The molecule has 1 aromatic carbocycles. The number of carbonyl (C=O) groups excluding carboxylic acids is 2. The van der Waals surface area contributed by atoms with Gasteiger partial charge in [0.15, 0.2) is 6.54 Å². The summed E-state index contributed by atoms with van der Waals surface area (Å²) in [5.74, 6) is 0.522. The van der Waals surface area contributed by atoms with E-state index in [1.54, 1.807) is 0 Å². The van der Waals surface area contributed by atoms with Crippen molar-refractivity contribution < 1.29 is 19.6 Å². The average Bonchev–Trinajstić information content (AvgIpc) is 2.47. The van der Waals surface area contributed by atoms with Crippen molar-refractivity contribution in [1.29, 1.82) is 0 Å². The average molecular weight is 307 g/mol. The molecule has 0 saturated heterocycles. The fourth-order valence-corrected chi connectivity index (χ4v) is 2.35. The number of hydrogen-bond acceptors (Lipinski definition) is 3. The Kier molecular flexibility index (Phi) is 7.05. The molecule has 1 rings (SSSR count). The van der Waals surface area contributed by atoms with Crippen LogP contribution >= 0.6 is 0 Å². The van der Waals surface area contributed by atoms with E-state index in [0.29, 0.717) is 11.8 Å². The van der Waals surface area contributed by atoms with Crippen molar-refractivity contribution in [3.8, 4) is 0 Å². The van der Waals surface area contributed by atoms with Gasteiger partial charge in [0.1, 0.15) is 6.04 Å². The highest BCUT2D eigenvalue weighted by Crippen LogP contribution is 2.21. The van der Waals surface area contributed by atoms with E-state index < -0.39 is 6.09 Å². The number of amides is 2. The molecule has 0 spiro atoms. The molecule has 22 heavy (non-hydrogen) atoms. The SMILES string of the molecule is COC(=O)NC(=O)C[NH2+][C@@H](c1ccc(C(C)C)cc1)C(C)C. The zero-order valence-electron chi connectivity index (χ0n) is 14.1. The minimum absolute atomic E-state index is 0.171. The Labute approximate surface area is 132 Å². The Morgan fingerprint density at radius 2 is 1.64 bits per heavy atom. The Morgan fingerprint density at radius 3 is 2.09 bits per heavy atom. The number of imide groups is 1. The van der Waals surface area contributed by atoms with Crippen molar-refractivity contribution in [1.82, 2.24) is 5.32 Å². The summed E-state index contributed by atoms with van der Waals surface area (Å²) in [5.41, 5.74) is 2.49. The number of carbonyl (C=O) groups is 2. The predicted octanol–water partition coefficient (Wildman–Crippen LogP) is 1.95. The molecule has 122 valence electrons. The molecule has 1 aromatic rings. The number of hydrogen-bond donors (Lipinski definition) is 2. The van der Waals surface area contributed by atoms with Crippen molar-refractivity contribution >= 4 is 12.0 Å². The van der Waals surface area contributed by atoms with Crippen molar-refractivity contribution in [2.75, 3.05) is 13.7 Å². The van der Waals surface area contributed by atoms with Gasteiger partial charge in [-0.3, -0.25) is 10.1 Å². The van der Waals surface area contributed by atoms with Gasteiger partial charge in [-0.25, -0.2) is 4.79 Å². The molecule has 5 heteroatoms. The molecule has 2 amide bonds. The van der Waals surface area contributed by atoms with Crippen LogP contribution in [-0.4, -0.2) is 25.7 Å². The third-order valence-electron chi connectivity index (χ3n) is 3.69. The van der Waals surface area contributed by atoms with Crippen LogP contribution in [0.1, 0.15) is 50.8 Å². The molecule has 0 aliphatic carbocycles. The largest absolute Gasteiger partial charge is 0.453 e. The molecule has 0 bridgehead atoms. The van der Waals surface area contributed by atoms with Gasteiger partial charge < -0.3 is 10.1 Å². The van der Waals surface area contributed by atoms with Crippen LogP contribution in [0.4, 0.5) is 4.79 Å². The molecule has 0 aliphatic rings. The number of ether oxygens (including phenoxy) is 1. The van der Waals surface area contributed by atoms with Crippen molar-refractivity contribution in [3.63, 3.8) is 0 Å². The van der Waals surface area contributed by atoms with Crippen LogP contribution in [0.2, 0.25) is 0 Å². The third-order valence-corrected chi connectivity index (χ3v) is 3.69. The smallest absolute Gasteiger partial charge is 0.413 e. The number of methoxy groups -OCH3 is 1. The van der Waals surface area contributed by atoms with Gasteiger partial charge in [-0.05, 0) is 11.5 Å². The summed E-state index contributed by atoms with van der Waals surface area (Å²) in [6.45, 7) is 8.76. The van der Waals surface area contributed by atoms with Crippen molar-refractivity contribution in [2.45, 2.75) is 39.7 Å². The fourth-order valence-electron chi connectivity index (χ4n) is 2.35. The second-order valence-corrected chi connectivity index (χ2v) is 6.07. The van der Waals surface area contributed by atoms with E-state index in [0.717, 1.165) is 0 Å². The molecule has 5 nitrogen and oxygen atoms in total. The summed E-state index contributed by atoms with van der Waals surface area (Å²) in [6, 6.07) is 8.68. The highest BCUT2D eigenvalue weighted by molar-refractivity contribution is 5.92. The first-order valence-corrected chi connectivity index (χ1v) is 7.66. The summed E-state index contributed by atoms with van der Waals surface area (Å²) >= 11 is 0. The van der Waals surface area contributed by atoms with E-state index in [2.05, 4.69) is 62.0 Å². The molecule has 0 saturated carbocycles. The normalized spacial score (nSPS) is 12.3. The zero-order chi connectivity index (χ0) is 16.7. The molecule has 0 radical (unpaired) electrons. The molecular formula is C17H27N2O3+. The molecule has 0 aliphatic heterocycles. The molecule has 0 fully saturated rings. The zero-order valence-corrected chi connectivity index (χ0v) is 14.1. The van der Waals surface area contributed by atoms with Crippen LogP contribution in [0.5, 0.6) is 0 Å². The van der Waals surface area contributed by atoms with Crippen LogP contribution in [0.25, 0.3) is 0 Å². The van der Waals surface area contributed by atoms with E-state index >= 15 is 0 Å². The number of nitrogens with two attached hydrogens (primary N) is 1. The number of alkyl carbamates (subject to hydrolysis) is 1. The number of quaternary nitrogens is 1. The summed E-state index contributed by atoms with van der Waals surface area (Å²) in [4.78, 5) is 22.7. The van der Waals surface area contributed by atoms with E-state index in [1.165, 1.54) is 18.2 Å². The minimum Gasteiger partial charge on any atom is -0.453 e. The molecular weight excluding hydrogens is 280 g/mol.